The van der Waals surface area contributed by atoms with Gasteiger partial charge in [0.1, 0.15) is 10.2 Å². The van der Waals surface area contributed by atoms with Gasteiger partial charge in [0.15, 0.2) is 0 Å². The highest BCUT2D eigenvalue weighted by molar-refractivity contribution is 9.10. The van der Waals surface area contributed by atoms with Gasteiger partial charge in [0.25, 0.3) is 11.5 Å². The molecule has 12 nitrogen and oxygen atoms in total. The number of aryl methyl sites for hydroxylation is 1. The van der Waals surface area contributed by atoms with E-state index in [9.17, 15) is 19.2 Å². The van der Waals surface area contributed by atoms with Gasteiger partial charge < -0.3 is 24.8 Å². The van der Waals surface area contributed by atoms with Gasteiger partial charge in [0.2, 0.25) is 11.8 Å². The van der Waals surface area contributed by atoms with E-state index >= 15 is 0 Å². The molecule has 2 N–H and O–H groups in total. The number of halogens is 1. The number of imide groups is 1. The summed E-state index contributed by atoms with van der Waals surface area (Å²) >= 11 is 3.43. The second kappa shape index (κ2) is 15.0. The molecule has 3 aromatic rings. The lowest BCUT2D eigenvalue weighted by Gasteiger charge is -2.47. The number of likely N-dealkylation sites (N-methyl/N-ethyl adjacent to an activating group) is 1. The van der Waals surface area contributed by atoms with Crippen molar-refractivity contribution in [2.75, 3.05) is 63.6 Å². The summed E-state index contributed by atoms with van der Waals surface area (Å²) in [6.07, 6.45) is 7.57. The number of nitrogens with zero attached hydrogens (tertiary/aromatic N) is 5. The number of rotatable bonds is 7. The summed E-state index contributed by atoms with van der Waals surface area (Å²) in [5, 5.41) is 10.1. The first kappa shape index (κ1) is 36.1. The fraction of sp³-hybridized carbons (Fsp3) is 0.513. The first-order valence-corrected chi connectivity index (χ1v) is 19.1. The Balaban J connectivity index is 0.918. The Morgan fingerprint density at radius 3 is 2.38 bits per heavy atom. The Bertz CT molecular complexity index is 1880. The molecule has 7 rings (SSSR count). The van der Waals surface area contributed by atoms with E-state index in [2.05, 4.69) is 66.7 Å². The van der Waals surface area contributed by atoms with Crippen LogP contribution in [-0.4, -0.2) is 96.8 Å². The van der Waals surface area contributed by atoms with Gasteiger partial charge in [-0.05, 0) is 96.6 Å². The first-order valence-electron chi connectivity index (χ1n) is 18.4. The molecule has 4 fully saturated rings. The minimum atomic E-state index is -0.382. The number of amides is 3. The van der Waals surface area contributed by atoms with E-state index in [-0.39, 0.29) is 40.7 Å². The van der Waals surface area contributed by atoms with Crippen LogP contribution in [0, 0.1) is 5.41 Å². The molecule has 0 aliphatic carbocycles. The van der Waals surface area contributed by atoms with Crippen LogP contribution in [0.5, 0.6) is 5.75 Å². The normalized spacial score (nSPS) is 23.7. The minimum Gasteiger partial charge on any atom is -0.496 e. The third kappa shape index (κ3) is 7.48. The Labute approximate surface area is 313 Å². The van der Waals surface area contributed by atoms with E-state index in [1.165, 1.54) is 10.2 Å². The SMILES string of the molecule is COc1cc(N2CCC3(CCN(C(=O)c4ccc([C@@H]5C[C@H](Nc6cnn(C)c(=O)c6Br)CN(C)C5)cc4)CC3)CC2)ccc1C1CCC(=O)NC1=O. The van der Waals surface area contributed by atoms with Gasteiger partial charge >= 0.3 is 0 Å². The van der Waals surface area contributed by atoms with Crippen molar-refractivity contribution in [3.8, 4) is 5.75 Å². The molecule has 2 aromatic carbocycles. The second-order valence-electron chi connectivity index (χ2n) is 15.1. The molecule has 276 valence electrons. The fourth-order valence-electron chi connectivity index (χ4n) is 8.68. The van der Waals surface area contributed by atoms with Crippen molar-refractivity contribution in [2.24, 2.45) is 12.5 Å². The van der Waals surface area contributed by atoms with Crippen LogP contribution in [0.3, 0.4) is 0 Å². The molecule has 4 aliphatic heterocycles. The summed E-state index contributed by atoms with van der Waals surface area (Å²) in [6, 6.07) is 14.4. The molecule has 4 aliphatic rings. The Morgan fingerprint density at radius 1 is 0.981 bits per heavy atom. The number of aromatic nitrogens is 2. The maximum Gasteiger partial charge on any atom is 0.282 e. The van der Waals surface area contributed by atoms with Crippen molar-refractivity contribution in [3.05, 3.63) is 80.2 Å². The van der Waals surface area contributed by atoms with Crippen LogP contribution in [0.2, 0.25) is 0 Å². The topological polar surface area (TPSA) is 129 Å². The number of anilines is 2. The van der Waals surface area contributed by atoms with Crippen molar-refractivity contribution < 1.29 is 19.1 Å². The zero-order chi connectivity index (χ0) is 36.6. The molecule has 0 radical (unpaired) electrons. The number of hydrogen-bond acceptors (Lipinski definition) is 9. The van der Waals surface area contributed by atoms with Gasteiger partial charge in [-0.3, -0.25) is 24.5 Å². The van der Waals surface area contributed by atoms with Gasteiger partial charge in [-0.25, -0.2) is 4.68 Å². The van der Waals surface area contributed by atoms with Crippen molar-refractivity contribution in [1.29, 1.82) is 0 Å². The quantitative estimate of drug-likeness (QED) is 0.334. The highest BCUT2D eigenvalue weighted by Gasteiger charge is 2.39. The maximum absolute atomic E-state index is 13.6. The molecular weight excluding hydrogens is 726 g/mol. The summed E-state index contributed by atoms with van der Waals surface area (Å²) in [7, 11) is 5.38. The Morgan fingerprint density at radius 2 is 1.69 bits per heavy atom. The van der Waals surface area contributed by atoms with Gasteiger partial charge in [-0.1, -0.05) is 18.2 Å². The van der Waals surface area contributed by atoms with Crippen LogP contribution in [0.15, 0.2) is 57.9 Å². The number of ether oxygens (including phenoxy) is 1. The van der Waals surface area contributed by atoms with Crippen LogP contribution in [-0.2, 0) is 16.6 Å². The molecule has 3 amide bonds. The van der Waals surface area contributed by atoms with Gasteiger partial charge in [-0.2, -0.15) is 5.10 Å². The van der Waals surface area contributed by atoms with E-state index in [1.54, 1.807) is 20.4 Å². The molecule has 13 heteroatoms. The molecule has 1 unspecified atom stereocenters. The smallest absolute Gasteiger partial charge is 0.282 e. The lowest BCUT2D eigenvalue weighted by Crippen LogP contribution is -2.48. The molecule has 0 bridgehead atoms. The number of piperidine rings is 4. The predicted molar refractivity (Wildman–Crippen MR) is 203 cm³/mol. The van der Waals surface area contributed by atoms with E-state index in [0.29, 0.717) is 34.7 Å². The predicted octanol–water partition coefficient (Wildman–Crippen LogP) is 4.49. The van der Waals surface area contributed by atoms with Gasteiger partial charge in [0.05, 0.1) is 24.9 Å². The average Bonchev–Trinajstić information content (AvgIpc) is 3.15. The standard InChI is InChI=1S/C39H48BrN7O5/c1-44-23-27(20-28(24-44)42-32-22-41-45(2)38(51)35(32)40)25-4-6-26(7-5-25)37(50)47-18-14-39(15-19-47)12-16-46(17-13-39)29-8-9-30(33(21-29)52-3)31-10-11-34(48)43-36(31)49/h4-9,21-22,27-28,31,42H,10-20,23-24H2,1-3H3,(H,43,48,49)/t27-,28+,31?/m1/s1. The molecule has 0 saturated carbocycles. The molecule has 52 heavy (non-hydrogen) atoms. The number of hydrogen-bond donors (Lipinski definition) is 2. The summed E-state index contributed by atoms with van der Waals surface area (Å²) in [4.78, 5) is 56.9. The number of methoxy groups -OCH3 is 1. The average molecular weight is 775 g/mol. The van der Waals surface area contributed by atoms with Crippen LogP contribution >= 0.6 is 15.9 Å². The lowest BCUT2D eigenvalue weighted by molar-refractivity contribution is -0.134. The first-order chi connectivity index (χ1) is 25.0. The van der Waals surface area contributed by atoms with Crippen LogP contribution in [0.4, 0.5) is 11.4 Å². The van der Waals surface area contributed by atoms with E-state index in [1.807, 2.05) is 29.2 Å². The van der Waals surface area contributed by atoms with Crippen LogP contribution < -0.4 is 25.8 Å². The number of carbonyl (C=O) groups excluding carboxylic acids is 3. The van der Waals surface area contributed by atoms with Gasteiger partial charge in [-0.15, -0.1) is 0 Å². The van der Waals surface area contributed by atoms with E-state index < -0.39 is 0 Å². The molecule has 1 aromatic heterocycles. The number of benzene rings is 2. The van der Waals surface area contributed by atoms with E-state index in [4.69, 9.17) is 4.74 Å². The lowest BCUT2D eigenvalue weighted by atomic mass is 9.71. The summed E-state index contributed by atoms with van der Waals surface area (Å²) in [5.74, 6) is 0.220. The highest BCUT2D eigenvalue weighted by atomic mass is 79.9. The van der Waals surface area contributed by atoms with Crippen molar-refractivity contribution in [1.82, 2.24) is 24.9 Å². The van der Waals surface area contributed by atoms with Crippen molar-refractivity contribution >= 4 is 45.0 Å². The largest absolute Gasteiger partial charge is 0.496 e. The Kier molecular flexibility index (Phi) is 10.4. The molecule has 3 atom stereocenters. The van der Waals surface area contributed by atoms with Crippen molar-refractivity contribution in [3.63, 3.8) is 0 Å². The molecule has 1 spiro atoms. The minimum absolute atomic E-state index is 0.102. The molecular formula is C39H48BrN7O5. The molecule has 4 saturated heterocycles. The summed E-state index contributed by atoms with van der Waals surface area (Å²) in [6.45, 7) is 5.18. The summed E-state index contributed by atoms with van der Waals surface area (Å²) in [5.41, 5.74) is 4.62. The van der Waals surface area contributed by atoms with Crippen LogP contribution in [0.1, 0.15) is 78.3 Å². The third-order valence-corrected chi connectivity index (χ3v) is 12.6. The monoisotopic (exact) mass is 773 g/mol. The second-order valence-corrected chi connectivity index (χ2v) is 15.9. The van der Waals surface area contributed by atoms with Crippen LogP contribution in [0.25, 0.3) is 0 Å². The zero-order valence-corrected chi connectivity index (χ0v) is 31.8. The number of nitrogens with one attached hydrogen (secondary N) is 2. The molecule has 5 heterocycles. The number of likely N-dealkylation sites (tertiary alicyclic amines) is 2. The fourth-order valence-corrected chi connectivity index (χ4v) is 9.15. The van der Waals surface area contributed by atoms with Gasteiger partial charge in [0, 0.05) is 81.7 Å². The maximum atomic E-state index is 13.6. The summed E-state index contributed by atoms with van der Waals surface area (Å²) < 4.78 is 7.52. The highest BCUT2D eigenvalue weighted by Crippen LogP contribution is 2.43. The number of carbonyl (C=O) groups is 3. The Hall–Kier alpha value is -4.23. The van der Waals surface area contributed by atoms with E-state index in [0.717, 1.165) is 88.2 Å². The zero-order valence-electron chi connectivity index (χ0n) is 30.2. The third-order valence-electron chi connectivity index (χ3n) is 11.8. The van der Waals surface area contributed by atoms with Crippen molar-refractivity contribution in [2.45, 2.75) is 62.8 Å².